The van der Waals surface area contributed by atoms with Crippen molar-refractivity contribution in [1.82, 2.24) is 9.78 Å². The maximum absolute atomic E-state index is 6.20. The first-order chi connectivity index (χ1) is 8.91. The zero-order valence-corrected chi connectivity index (χ0v) is 13.4. The smallest absolute Gasteiger partial charge is 0.0920 e. The molecule has 1 aromatic heterocycles. The molecule has 0 aliphatic carbocycles. The fourth-order valence-electron chi connectivity index (χ4n) is 2.37. The Hall–Kier alpha value is -1.13. The summed E-state index contributed by atoms with van der Waals surface area (Å²) in [5, 5.41) is 4.66. The molecular formula is C15H20BrN3. The number of aromatic nitrogens is 2. The summed E-state index contributed by atoms with van der Waals surface area (Å²) in [5.74, 6) is 0. The van der Waals surface area contributed by atoms with Gasteiger partial charge < -0.3 is 5.73 Å². The normalized spacial score (nSPS) is 14.4. The predicted octanol–water partition coefficient (Wildman–Crippen LogP) is 3.51. The maximum Gasteiger partial charge on any atom is 0.0920 e. The minimum Gasteiger partial charge on any atom is -0.326 e. The Kier molecular flexibility index (Phi) is 4.11. The molecule has 2 atom stereocenters. The van der Waals surface area contributed by atoms with E-state index in [1.807, 2.05) is 26.0 Å². The van der Waals surface area contributed by atoms with Gasteiger partial charge in [0.05, 0.1) is 11.7 Å². The van der Waals surface area contributed by atoms with Gasteiger partial charge in [-0.3, -0.25) is 4.68 Å². The van der Waals surface area contributed by atoms with Crippen LogP contribution in [0.1, 0.15) is 35.5 Å². The van der Waals surface area contributed by atoms with E-state index in [9.17, 15) is 0 Å². The third-order valence-electron chi connectivity index (χ3n) is 3.64. The lowest BCUT2D eigenvalue weighted by atomic mass is 10.0. The van der Waals surface area contributed by atoms with Crippen LogP contribution in [-0.4, -0.2) is 15.8 Å². The number of benzene rings is 1. The zero-order valence-electron chi connectivity index (χ0n) is 11.8. The summed E-state index contributed by atoms with van der Waals surface area (Å²) in [6.45, 7) is 8.27. The molecule has 2 rings (SSSR count). The molecule has 3 nitrogen and oxygen atoms in total. The Morgan fingerprint density at radius 1 is 1.26 bits per heavy atom. The summed E-state index contributed by atoms with van der Waals surface area (Å²) in [6.07, 6.45) is 0. The molecule has 0 radical (unpaired) electrons. The summed E-state index contributed by atoms with van der Waals surface area (Å²) >= 11 is 3.52. The fraction of sp³-hybridized carbons (Fsp3) is 0.400. The van der Waals surface area contributed by atoms with Crippen molar-refractivity contribution in [3.05, 3.63) is 51.3 Å². The average Bonchev–Trinajstić information content (AvgIpc) is 2.57. The van der Waals surface area contributed by atoms with Crippen LogP contribution in [0, 0.1) is 20.8 Å². The molecule has 0 bridgehead atoms. The van der Waals surface area contributed by atoms with Crippen molar-refractivity contribution in [3.8, 4) is 0 Å². The van der Waals surface area contributed by atoms with Gasteiger partial charge in [0.15, 0.2) is 0 Å². The second kappa shape index (κ2) is 5.47. The quantitative estimate of drug-likeness (QED) is 0.940. The minimum absolute atomic E-state index is 0.00769. The molecule has 19 heavy (non-hydrogen) atoms. The first-order valence-electron chi connectivity index (χ1n) is 6.45. The highest BCUT2D eigenvalue weighted by Crippen LogP contribution is 2.26. The predicted molar refractivity (Wildman–Crippen MR) is 82.4 cm³/mol. The lowest BCUT2D eigenvalue weighted by molar-refractivity contribution is 0.443. The Bertz CT molecular complexity index is 587. The molecule has 0 saturated heterocycles. The van der Waals surface area contributed by atoms with Crippen LogP contribution >= 0.6 is 15.9 Å². The van der Waals surface area contributed by atoms with Crippen LogP contribution in [0.15, 0.2) is 28.7 Å². The van der Waals surface area contributed by atoms with Crippen molar-refractivity contribution in [2.24, 2.45) is 5.73 Å². The first kappa shape index (κ1) is 14.3. The Balaban J connectivity index is 2.55. The highest BCUT2D eigenvalue weighted by atomic mass is 79.9. The highest BCUT2D eigenvalue weighted by Gasteiger charge is 2.22. The van der Waals surface area contributed by atoms with Crippen LogP contribution in [0.25, 0.3) is 0 Å². The van der Waals surface area contributed by atoms with E-state index in [2.05, 4.69) is 51.7 Å². The monoisotopic (exact) mass is 321 g/mol. The van der Waals surface area contributed by atoms with Crippen LogP contribution < -0.4 is 5.73 Å². The zero-order chi connectivity index (χ0) is 14.2. The van der Waals surface area contributed by atoms with Gasteiger partial charge in [-0.05, 0) is 51.0 Å². The molecule has 0 amide bonds. The van der Waals surface area contributed by atoms with Crippen LogP contribution in [0.3, 0.4) is 0 Å². The molecule has 4 heteroatoms. The summed E-state index contributed by atoms with van der Waals surface area (Å²) in [7, 11) is 0. The molecule has 0 fully saturated rings. The van der Waals surface area contributed by atoms with Crippen molar-refractivity contribution in [2.75, 3.05) is 0 Å². The second-order valence-electron chi connectivity index (χ2n) is 5.10. The average molecular weight is 322 g/mol. The van der Waals surface area contributed by atoms with E-state index >= 15 is 0 Å². The second-order valence-corrected chi connectivity index (χ2v) is 6.02. The lowest BCUT2D eigenvalue weighted by Gasteiger charge is -2.23. The molecule has 2 aromatic rings. The van der Waals surface area contributed by atoms with Gasteiger partial charge in [-0.2, -0.15) is 5.10 Å². The molecule has 102 valence electrons. The lowest BCUT2D eigenvalue weighted by Crippen LogP contribution is -2.31. The SMILES string of the molecule is Cc1nn(C(c2cccc(Br)c2)C(C)N)c(C)c1C. The topological polar surface area (TPSA) is 43.8 Å². The van der Waals surface area contributed by atoms with E-state index in [1.54, 1.807) is 0 Å². The van der Waals surface area contributed by atoms with Gasteiger partial charge in [0.1, 0.15) is 0 Å². The van der Waals surface area contributed by atoms with Crippen molar-refractivity contribution in [1.29, 1.82) is 0 Å². The Morgan fingerprint density at radius 2 is 1.95 bits per heavy atom. The van der Waals surface area contributed by atoms with E-state index in [0.717, 1.165) is 10.2 Å². The number of nitrogens with two attached hydrogens (primary N) is 1. The van der Waals surface area contributed by atoms with E-state index < -0.39 is 0 Å². The molecule has 0 spiro atoms. The third kappa shape index (κ3) is 2.74. The number of aryl methyl sites for hydroxylation is 1. The molecule has 2 unspecified atom stereocenters. The highest BCUT2D eigenvalue weighted by molar-refractivity contribution is 9.10. The number of halogens is 1. The standard InChI is InChI=1S/C15H20BrN3/c1-9-11(3)18-19(12(9)4)15(10(2)17)13-6-5-7-14(16)8-13/h5-8,10,15H,17H2,1-4H3. The molecular weight excluding hydrogens is 302 g/mol. The number of hydrogen-bond acceptors (Lipinski definition) is 2. The summed E-state index contributed by atoms with van der Waals surface area (Å²) in [6, 6.07) is 8.32. The third-order valence-corrected chi connectivity index (χ3v) is 4.13. The number of nitrogens with zero attached hydrogens (tertiary/aromatic N) is 2. The van der Waals surface area contributed by atoms with Gasteiger partial charge in [0, 0.05) is 16.2 Å². The van der Waals surface area contributed by atoms with E-state index in [4.69, 9.17) is 5.73 Å². The number of hydrogen-bond donors (Lipinski definition) is 1. The maximum atomic E-state index is 6.20. The van der Waals surface area contributed by atoms with Crippen molar-refractivity contribution >= 4 is 15.9 Å². The first-order valence-corrected chi connectivity index (χ1v) is 7.24. The molecule has 0 saturated carbocycles. The minimum atomic E-state index is -0.00769. The van der Waals surface area contributed by atoms with Crippen LogP contribution in [0.2, 0.25) is 0 Å². The Labute approximate surface area is 122 Å². The van der Waals surface area contributed by atoms with E-state index in [0.29, 0.717) is 0 Å². The molecule has 1 heterocycles. The van der Waals surface area contributed by atoms with E-state index in [-0.39, 0.29) is 12.1 Å². The number of rotatable bonds is 3. The van der Waals surface area contributed by atoms with Gasteiger partial charge >= 0.3 is 0 Å². The van der Waals surface area contributed by atoms with Crippen LogP contribution in [0.5, 0.6) is 0 Å². The van der Waals surface area contributed by atoms with Gasteiger partial charge in [-0.15, -0.1) is 0 Å². The molecule has 0 aliphatic heterocycles. The van der Waals surface area contributed by atoms with Gasteiger partial charge in [0.25, 0.3) is 0 Å². The fourth-order valence-corrected chi connectivity index (χ4v) is 2.79. The van der Waals surface area contributed by atoms with Gasteiger partial charge in [-0.25, -0.2) is 0 Å². The van der Waals surface area contributed by atoms with Crippen molar-refractivity contribution in [2.45, 2.75) is 39.8 Å². The molecule has 0 aliphatic rings. The van der Waals surface area contributed by atoms with Crippen LogP contribution in [0.4, 0.5) is 0 Å². The molecule has 1 aromatic carbocycles. The summed E-state index contributed by atoms with van der Waals surface area (Å²) < 4.78 is 3.12. The largest absolute Gasteiger partial charge is 0.326 e. The Morgan fingerprint density at radius 3 is 2.42 bits per heavy atom. The molecule has 2 N–H and O–H groups in total. The van der Waals surface area contributed by atoms with Crippen molar-refractivity contribution < 1.29 is 0 Å². The van der Waals surface area contributed by atoms with Gasteiger partial charge in [-0.1, -0.05) is 28.1 Å². The summed E-state index contributed by atoms with van der Waals surface area (Å²) in [5.41, 5.74) is 10.9. The van der Waals surface area contributed by atoms with E-state index in [1.165, 1.54) is 16.8 Å². The summed E-state index contributed by atoms with van der Waals surface area (Å²) in [4.78, 5) is 0. The van der Waals surface area contributed by atoms with Gasteiger partial charge in [0.2, 0.25) is 0 Å². The van der Waals surface area contributed by atoms with Crippen molar-refractivity contribution in [3.63, 3.8) is 0 Å². The van der Waals surface area contributed by atoms with Crippen LogP contribution in [-0.2, 0) is 0 Å².